The molecule has 3 rings (SSSR count). The maximum Gasteiger partial charge on any atom is 0.407 e. The molecule has 0 radical (unpaired) electrons. The molecule has 0 aromatic carbocycles. The van der Waals surface area contributed by atoms with Gasteiger partial charge in [0.05, 0.1) is 12.2 Å². The summed E-state index contributed by atoms with van der Waals surface area (Å²) in [7, 11) is 0. The van der Waals surface area contributed by atoms with Gasteiger partial charge in [-0.15, -0.1) is 0 Å². The van der Waals surface area contributed by atoms with Crippen LogP contribution in [0, 0.1) is 0 Å². The van der Waals surface area contributed by atoms with Crippen molar-refractivity contribution >= 4 is 6.09 Å². The van der Waals surface area contributed by atoms with E-state index in [1.54, 1.807) is 0 Å². The molecule has 2 saturated heterocycles. The van der Waals surface area contributed by atoms with Gasteiger partial charge in [0.25, 0.3) is 0 Å². The van der Waals surface area contributed by atoms with Crippen molar-refractivity contribution in [1.29, 1.82) is 0 Å². The molecule has 5 atom stereocenters. The molecule has 1 amide bonds. The van der Waals surface area contributed by atoms with Crippen molar-refractivity contribution in [3.63, 3.8) is 0 Å². The number of alkyl carbamates (subject to hydrolysis) is 1. The predicted molar refractivity (Wildman–Crippen MR) is 80.2 cm³/mol. The molecule has 5 heteroatoms. The highest BCUT2D eigenvalue weighted by Crippen LogP contribution is 2.35. The second kappa shape index (κ2) is 5.76. The van der Waals surface area contributed by atoms with Gasteiger partial charge in [0, 0.05) is 18.1 Å². The molecule has 5 nitrogen and oxygen atoms in total. The van der Waals surface area contributed by atoms with Gasteiger partial charge in [0.1, 0.15) is 5.60 Å². The van der Waals surface area contributed by atoms with E-state index < -0.39 is 5.60 Å². The van der Waals surface area contributed by atoms with E-state index in [-0.39, 0.29) is 12.1 Å². The van der Waals surface area contributed by atoms with E-state index in [0.717, 1.165) is 25.7 Å². The Kier molecular flexibility index (Phi) is 4.14. The van der Waals surface area contributed by atoms with Crippen LogP contribution in [-0.4, -0.2) is 42.0 Å². The lowest BCUT2D eigenvalue weighted by molar-refractivity contribution is 0.0495. The summed E-state index contributed by atoms with van der Waals surface area (Å²) in [5, 5.41) is 6.77. The minimum atomic E-state index is -0.440. The van der Waals surface area contributed by atoms with E-state index >= 15 is 0 Å². The molecule has 120 valence electrons. The molecule has 0 aromatic heterocycles. The smallest absolute Gasteiger partial charge is 0.407 e. The molecule has 2 heterocycles. The third kappa shape index (κ3) is 3.69. The van der Waals surface area contributed by atoms with Gasteiger partial charge in [-0.2, -0.15) is 0 Å². The van der Waals surface area contributed by atoms with Crippen LogP contribution in [0.4, 0.5) is 4.79 Å². The van der Waals surface area contributed by atoms with Crippen LogP contribution in [-0.2, 0) is 9.47 Å². The van der Waals surface area contributed by atoms with Gasteiger partial charge in [-0.25, -0.2) is 4.79 Å². The van der Waals surface area contributed by atoms with Crippen molar-refractivity contribution in [2.24, 2.45) is 0 Å². The number of fused-ring (bicyclic) bond motifs is 2. The second-order valence-corrected chi connectivity index (χ2v) is 7.67. The SMILES string of the molecule is CC(C)(C)OC(=O)NC1CCCC1NC1CC2CCC1O2. The largest absolute Gasteiger partial charge is 0.444 e. The maximum atomic E-state index is 11.9. The van der Waals surface area contributed by atoms with E-state index in [2.05, 4.69) is 10.6 Å². The van der Waals surface area contributed by atoms with Crippen molar-refractivity contribution < 1.29 is 14.3 Å². The Balaban J connectivity index is 1.50. The summed E-state index contributed by atoms with van der Waals surface area (Å²) in [6.45, 7) is 5.68. The fraction of sp³-hybridized carbons (Fsp3) is 0.938. The molecule has 3 fully saturated rings. The van der Waals surface area contributed by atoms with Gasteiger partial charge in [0.2, 0.25) is 0 Å². The summed E-state index contributed by atoms with van der Waals surface area (Å²) in [6, 6.07) is 0.999. The summed E-state index contributed by atoms with van der Waals surface area (Å²) < 4.78 is 11.3. The highest BCUT2D eigenvalue weighted by atomic mass is 16.6. The molecule has 21 heavy (non-hydrogen) atoms. The monoisotopic (exact) mass is 296 g/mol. The quantitative estimate of drug-likeness (QED) is 0.839. The minimum Gasteiger partial charge on any atom is -0.444 e. The molecule has 2 aliphatic heterocycles. The third-order valence-corrected chi connectivity index (χ3v) is 4.75. The summed E-state index contributed by atoms with van der Waals surface area (Å²) in [6.07, 6.45) is 7.37. The molecule has 0 aromatic rings. The molecule has 2 N–H and O–H groups in total. The zero-order valence-electron chi connectivity index (χ0n) is 13.4. The van der Waals surface area contributed by atoms with Crippen LogP contribution in [0.5, 0.6) is 0 Å². The van der Waals surface area contributed by atoms with Crippen LogP contribution < -0.4 is 10.6 Å². The van der Waals surface area contributed by atoms with Crippen molar-refractivity contribution in [3.8, 4) is 0 Å². The van der Waals surface area contributed by atoms with Crippen molar-refractivity contribution in [1.82, 2.24) is 10.6 Å². The van der Waals surface area contributed by atoms with Crippen LogP contribution in [0.25, 0.3) is 0 Å². The van der Waals surface area contributed by atoms with E-state index in [9.17, 15) is 4.79 Å². The number of nitrogens with one attached hydrogen (secondary N) is 2. The zero-order chi connectivity index (χ0) is 15.0. The van der Waals surface area contributed by atoms with Crippen molar-refractivity contribution in [2.75, 3.05) is 0 Å². The molecule has 1 saturated carbocycles. The van der Waals surface area contributed by atoms with E-state index in [0.29, 0.717) is 24.3 Å². The van der Waals surface area contributed by atoms with E-state index in [1.165, 1.54) is 12.8 Å². The fourth-order valence-corrected chi connectivity index (χ4v) is 3.88. The maximum absolute atomic E-state index is 11.9. The van der Waals surface area contributed by atoms with Crippen molar-refractivity contribution in [3.05, 3.63) is 0 Å². The zero-order valence-corrected chi connectivity index (χ0v) is 13.4. The lowest BCUT2D eigenvalue weighted by Crippen LogP contribution is -2.52. The second-order valence-electron chi connectivity index (χ2n) is 7.67. The Bertz CT molecular complexity index is 393. The number of hydrogen-bond acceptors (Lipinski definition) is 4. The molecule has 0 spiro atoms. The average molecular weight is 296 g/mol. The number of carbonyl (C=O) groups is 1. The number of hydrogen-bond donors (Lipinski definition) is 2. The Morgan fingerprint density at radius 3 is 2.48 bits per heavy atom. The highest BCUT2D eigenvalue weighted by molar-refractivity contribution is 5.68. The highest BCUT2D eigenvalue weighted by Gasteiger charge is 2.43. The first-order valence-corrected chi connectivity index (χ1v) is 8.32. The van der Waals surface area contributed by atoms with Gasteiger partial charge < -0.3 is 20.1 Å². The lowest BCUT2D eigenvalue weighted by Gasteiger charge is -2.29. The van der Waals surface area contributed by atoms with Gasteiger partial charge in [-0.05, 0) is 59.3 Å². The number of carbonyl (C=O) groups excluding carboxylic acids is 1. The fourth-order valence-electron chi connectivity index (χ4n) is 3.88. The molecule has 2 bridgehead atoms. The van der Waals surface area contributed by atoms with E-state index in [1.807, 2.05) is 20.8 Å². The van der Waals surface area contributed by atoms with Gasteiger partial charge >= 0.3 is 6.09 Å². The Labute approximate surface area is 127 Å². The Morgan fingerprint density at radius 1 is 1.10 bits per heavy atom. The molecule has 5 unspecified atom stereocenters. The predicted octanol–water partition coefficient (Wildman–Crippen LogP) is 2.34. The number of amides is 1. The summed E-state index contributed by atoms with van der Waals surface area (Å²) in [5.41, 5.74) is -0.440. The van der Waals surface area contributed by atoms with Crippen molar-refractivity contribution in [2.45, 2.75) is 95.2 Å². The third-order valence-electron chi connectivity index (χ3n) is 4.75. The van der Waals surface area contributed by atoms with E-state index in [4.69, 9.17) is 9.47 Å². The first kappa shape index (κ1) is 15.1. The summed E-state index contributed by atoms with van der Waals surface area (Å²) in [5.74, 6) is 0. The Hall–Kier alpha value is -0.810. The van der Waals surface area contributed by atoms with Gasteiger partial charge in [0.15, 0.2) is 0 Å². The topological polar surface area (TPSA) is 59.6 Å². The average Bonchev–Trinajstić information content (AvgIpc) is 3.04. The van der Waals surface area contributed by atoms with Gasteiger partial charge in [-0.3, -0.25) is 0 Å². The van der Waals surface area contributed by atoms with Crippen LogP contribution >= 0.6 is 0 Å². The standard InChI is InChI=1S/C16H28N2O3/c1-16(2,3)21-15(19)18-12-6-4-5-11(12)17-13-9-10-7-8-14(13)20-10/h10-14,17H,4-9H2,1-3H3,(H,18,19). The van der Waals surface area contributed by atoms with Crippen LogP contribution in [0.1, 0.15) is 59.3 Å². The van der Waals surface area contributed by atoms with Crippen LogP contribution in [0.15, 0.2) is 0 Å². The summed E-state index contributed by atoms with van der Waals surface area (Å²) in [4.78, 5) is 11.9. The first-order valence-electron chi connectivity index (χ1n) is 8.32. The summed E-state index contributed by atoms with van der Waals surface area (Å²) >= 11 is 0. The molecular formula is C16H28N2O3. The van der Waals surface area contributed by atoms with Crippen LogP contribution in [0.2, 0.25) is 0 Å². The number of rotatable bonds is 3. The number of ether oxygens (including phenoxy) is 2. The van der Waals surface area contributed by atoms with Crippen LogP contribution in [0.3, 0.4) is 0 Å². The molecular weight excluding hydrogens is 268 g/mol. The lowest BCUT2D eigenvalue weighted by atomic mass is 9.94. The minimum absolute atomic E-state index is 0.180. The normalized spacial score (nSPS) is 38.7. The first-order chi connectivity index (χ1) is 9.90. The molecule has 1 aliphatic carbocycles. The molecule has 3 aliphatic rings. The Morgan fingerprint density at radius 2 is 1.86 bits per heavy atom. The van der Waals surface area contributed by atoms with Gasteiger partial charge in [-0.1, -0.05) is 0 Å².